The molecular weight excluding hydrogens is 196 g/mol. The lowest BCUT2D eigenvalue weighted by Crippen LogP contribution is -2.02. The van der Waals surface area contributed by atoms with Gasteiger partial charge in [0.05, 0.1) is 12.5 Å². The molecule has 2 rings (SSSR count). The molecule has 0 saturated carbocycles. The van der Waals surface area contributed by atoms with Crippen molar-refractivity contribution in [3.63, 3.8) is 0 Å². The number of ether oxygens (including phenoxy) is 1. The number of hydrogen-bond acceptors (Lipinski definition) is 4. The molecular formula is C11H10O4. The Bertz CT molecular complexity index is 569. The maximum atomic E-state index is 11.3. The highest BCUT2D eigenvalue weighted by Crippen LogP contribution is 2.29. The van der Waals surface area contributed by atoms with Crippen LogP contribution < -0.4 is 10.4 Å². The number of methoxy groups -OCH3 is 1. The molecule has 4 heteroatoms. The molecule has 0 aliphatic rings. The number of phenolic OH excluding ortho intramolecular Hbond substituents is 1. The van der Waals surface area contributed by atoms with E-state index in [4.69, 9.17) is 9.15 Å². The van der Waals surface area contributed by atoms with Crippen LogP contribution in [0, 0.1) is 6.92 Å². The van der Waals surface area contributed by atoms with Crippen molar-refractivity contribution >= 4 is 11.0 Å². The average molecular weight is 206 g/mol. The van der Waals surface area contributed by atoms with Crippen molar-refractivity contribution in [3.05, 3.63) is 34.2 Å². The van der Waals surface area contributed by atoms with E-state index in [-0.39, 0.29) is 5.75 Å². The van der Waals surface area contributed by atoms with Gasteiger partial charge >= 0.3 is 5.63 Å². The zero-order valence-corrected chi connectivity index (χ0v) is 8.40. The highest BCUT2D eigenvalue weighted by Gasteiger charge is 2.08. The summed E-state index contributed by atoms with van der Waals surface area (Å²) in [5.74, 6) is 0.489. The van der Waals surface area contributed by atoms with Crippen molar-refractivity contribution in [1.82, 2.24) is 0 Å². The number of rotatable bonds is 1. The Morgan fingerprint density at radius 3 is 2.73 bits per heavy atom. The minimum Gasteiger partial charge on any atom is -0.508 e. The first kappa shape index (κ1) is 9.58. The van der Waals surface area contributed by atoms with Gasteiger partial charge < -0.3 is 14.3 Å². The molecule has 0 radical (unpaired) electrons. The van der Waals surface area contributed by atoms with Crippen LogP contribution in [0.2, 0.25) is 0 Å². The van der Waals surface area contributed by atoms with Crippen molar-refractivity contribution in [3.8, 4) is 11.5 Å². The molecule has 0 bridgehead atoms. The molecule has 1 aromatic carbocycles. The number of phenols is 1. The van der Waals surface area contributed by atoms with Crippen molar-refractivity contribution < 1.29 is 14.3 Å². The van der Waals surface area contributed by atoms with Gasteiger partial charge in [-0.2, -0.15) is 0 Å². The summed E-state index contributed by atoms with van der Waals surface area (Å²) in [5, 5.41) is 10.0. The molecule has 0 atom stereocenters. The van der Waals surface area contributed by atoms with Crippen molar-refractivity contribution in [2.45, 2.75) is 6.92 Å². The summed E-state index contributed by atoms with van der Waals surface area (Å²) in [4.78, 5) is 11.3. The fourth-order valence-corrected chi connectivity index (χ4v) is 1.44. The zero-order valence-electron chi connectivity index (χ0n) is 8.40. The molecule has 0 fully saturated rings. The number of aromatic hydroxyl groups is 1. The van der Waals surface area contributed by atoms with E-state index in [2.05, 4.69) is 0 Å². The van der Waals surface area contributed by atoms with Crippen molar-refractivity contribution in [2.24, 2.45) is 0 Å². The van der Waals surface area contributed by atoms with Crippen LogP contribution in [0.15, 0.2) is 27.4 Å². The van der Waals surface area contributed by atoms with Gasteiger partial charge in [0.15, 0.2) is 0 Å². The van der Waals surface area contributed by atoms with Gasteiger partial charge in [0.1, 0.15) is 17.1 Å². The van der Waals surface area contributed by atoms with E-state index >= 15 is 0 Å². The van der Waals surface area contributed by atoms with Crippen LogP contribution in [-0.4, -0.2) is 12.2 Å². The summed E-state index contributed by atoms with van der Waals surface area (Å²) in [7, 11) is 1.49. The zero-order chi connectivity index (χ0) is 11.0. The monoisotopic (exact) mass is 206 g/mol. The van der Waals surface area contributed by atoms with E-state index in [1.54, 1.807) is 13.0 Å². The van der Waals surface area contributed by atoms with Gasteiger partial charge in [-0.3, -0.25) is 0 Å². The Balaban J connectivity index is 2.90. The number of fused-ring (bicyclic) bond motifs is 1. The van der Waals surface area contributed by atoms with E-state index in [1.807, 2.05) is 0 Å². The largest absolute Gasteiger partial charge is 0.508 e. The van der Waals surface area contributed by atoms with Crippen LogP contribution in [0.3, 0.4) is 0 Å². The second kappa shape index (κ2) is 3.31. The molecule has 0 aliphatic carbocycles. The van der Waals surface area contributed by atoms with Gasteiger partial charge in [-0.15, -0.1) is 0 Å². The average Bonchev–Trinajstić information content (AvgIpc) is 2.19. The van der Waals surface area contributed by atoms with Gasteiger partial charge in [0, 0.05) is 17.7 Å². The van der Waals surface area contributed by atoms with Gasteiger partial charge in [-0.1, -0.05) is 0 Å². The maximum absolute atomic E-state index is 11.3. The normalized spacial score (nSPS) is 10.5. The summed E-state index contributed by atoms with van der Waals surface area (Å²) in [6, 6.07) is 4.54. The predicted molar refractivity (Wildman–Crippen MR) is 55.4 cm³/mol. The molecule has 0 saturated heterocycles. The number of aryl methyl sites for hydroxylation is 1. The molecule has 0 unspecified atom stereocenters. The van der Waals surface area contributed by atoms with Crippen LogP contribution in [-0.2, 0) is 0 Å². The minimum absolute atomic E-state index is 0.00588. The molecule has 1 N–H and O–H groups in total. The summed E-state index contributed by atoms with van der Waals surface area (Å²) >= 11 is 0. The van der Waals surface area contributed by atoms with Gasteiger partial charge in [-0.25, -0.2) is 4.79 Å². The lowest BCUT2D eigenvalue weighted by atomic mass is 10.1. The smallest absolute Gasteiger partial charge is 0.339 e. The third-order valence-electron chi connectivity index (χ3n) is 2.19. The van der Waals surface area contributed by atoms with Crippen LogP contribution in [0.5, 0.6) is 11.5 Å². The summed E-state index contributed by atoms with van der Waals surface area (Å²) in [6.07, 6.45) is 0. The van der Waals surface area contributed by atoms with E-state index in [0.717, 1.165) is 0 Å². The van der Waals surface area contributed by atoms with E-state index < -0.39 is 5.63 Å². The molecule has 0 spiro atoms. The summed E-state index contributed by atoms with van der Waals surface area (Å²) in [6.45, 7) is 1.66. The molecule has 2 aromatic rings. The van der Waals surface area contributed by atoms with Crippen molar-refractivity contribution in [2.75, 3.05) is 7.11 Å². The van der Waals surface area contributed by atoms with Crippen LogP contribution >= 0.6 is 0 Å². The first-order valence-corrected chi connectivity index (χ1v) is 4.43. The molecule has 15 heavy (non-hydrogen) atoms. The molecule has 78 valence electrons. The lowest BCUT2D eigenvalue weighted by Gasteiger charge is -2.05. The Morgan fingerprint density at radius 1 is 1.33 bits per heavy atom. The van der Waals surface area contributed by atoms with E-state index in [0.29, 0.717) is 22.3 Å². The Hall–Kier alpha value is -1.97. The first-order chi connectivity index (χ1) is 7.11. The Labute approximate surface area is 85.7 Å². The minimum atomic E-state index is -0.407. The SMILES string of the molecule is COc1cc(O)cc2oc(=O)c(C)cc12. The third kappa shape index (κ3) is 1.54. The fourth-order valence-electron chi connectivity index (χ4n) is 1.44. The molecule has 4 nitrogen and oxygen atoms in total. The highest BCUT2D eigenvalue weighted by molar-refractivity contribution is 5.85. The second-order valence-corrected chi connectivity index (χ2v) is 3.28. The quantitative estimate of drug-likeness (QED) is 0.723. The molecule has 1 aromatic heterocycles. The lowest BCUT2D eigenvalue weighted by molar-refractivity contribution is 0.411. The third-order valence-corrected chi connectivity index (χ3v) is 2.19. The molecule has 1 heterocycles. The van der Waals surface area contributed by atoms with Gasteiger partial charge in [0.25, 0.3) is 0 Å². The van der Waals surface area contributed by atoms with Gasteiger partial charge in [0.2, 0.25) is 0 Å². The standard InChI is InChI=1S/C11H10O4/c1-6-3-8-9(14-2)4-7(12)5-10(8)15-11(6)13/h3-5,12H,1-2H3. The van der Waals surface area contributed by atoms with Crippen LogP contribution in [0.25, 0.3) is 11.0 Å². The molecule has 0 amide bonds. The Kier molecular flexibility index (Phi) is 2.11. The van der Waals surface area contributed by atoms with E-state index in [1.165, 1.54) is 19.2 Å². The highest BCUT2D eigenvalue weighted by atomic mass is 16.5. The predicted octanol–water partition coefficient (Wildman–Crippen LogP) is 1.82. The summed E-state index contributed by atoms with van der Waals surface area (Å²) in [5.41, 5.74) is 0.420. The second-order valence-electron chi connectivity index (χ2n) is 3.28. The van der Waals surface area contributed by atoms with Gasteiger partial charge in [-0.05, 0) is 13.0 Å². The molecule has 0 aliphatic heterocycles. The van der Waals surface area contributed by atoms with E-state index in [9.17, 15) is 9.90 Å². The van der Waals surface area contributed by atoms with Crippen LogP contribution in [0.1, 0.15) is 5.56 Å². The first-order valence-electron chi connectivity index (χ1n) is 4.43. The summed E-state index contributed by atoms with van der Waals surface area (Å²) < 4.78 is 10.1. The number of benzene rings is 1. The fraction of sp³-hybridized carbons (Fsp3) is 0.182. The topological polar surface area (TPSA) is 59.7 Å². The van der Waals surface area contributed by atoms with Crippen molar-refractivity contribution in [1.29, 1.82) is 0 Å². The number of hydrogen-bond donors (Lipinski definition) is 1. The Morgan fingerprint density at radius 2 is 2.07 bits per heavy atom. The van der Waals surface area contributed by atoms with Crippen LogP contribution in [0.4, 0.5) is 0 Å². The maximum Gasteiger partial charge on any atom is 0.339 e.